The lowest BCUT2D eigenvalue weighted by molar-refractivity contribution is -0.140. The monoisotopic (exact) mass is 562 g/mol. The van der Waals surface area contributed by atoms with E-state index in [9.17, 15) is 14.4 Å². The van der Waals surface area contributed by atoms with E-state index in [2.05, 4.69) is 16.6 Å². The van der Waals surface area contributed by atoms with Crippen LogP contribution in [0.3, 0.4) is 0 Å². The zero-order valence-corrected chi connectivity index (χ0v) is 24.0. The Balaban J connectivity index is 1.52. The maximum absolute atomic E-state index is 13.7. The van der Waals surface area contributed by atoms with E-state index >= 15 is 0 Å². The number of nitrogens with zero attached hydrogens (tertiary/aromatic N) is 2. The van der Waals surface area contributed by atoms with E-state index in [4.69, 9.17) is 4.84 Å². The molecule has 0 N–H and O–H groups in total. The highest BCUT2D eigenvalue weighted by atomic mass is 32.2. The molecule has 0 saturated carbocycles. The van der Waals surface area contributed by atoms with Crippen LogP contribution < -0.4 is 0 Å². The number of hydrogen-bond donors (Lipinski definition) is 0. The summed E-state index contributed by atoms with van der Waals surface area (Å²) in [7, 11) is 0. The van der Waals surface area contributed by atoms with Crippen LogP contribution >= 0.6 is 11.8 Å². The number of ketones is 2. The van der Waals surface area contributed by atoms with E-state index in [1.807, 2.05) is 91.9 Å². The highest BCUT2D eigenvalue weighted by molar-refractivity contribution is 7.99. The molecular weight excluding hydrogens is 532 g/mol. The lowest BCUT2D eigenvalue weighted by atomic mass is 9.97. The molecule has 5 rings (SSSR count). The summed E-state index contributed by atoms with van der Waals surface area (Å²) in [5, 5.41) is 5.70. The van der Waals surface area contributed by atoms with E-state index < -0.39 is 5.97 Å². The normalized spacial score (nSPS) is 11.6. The number of carbonyl (C=O) groups is 3. The lowest BCUT2D eigenvalue weighted by Crippen LogP contribution is -2.16. The van der Waals surface area contributed by atoms with Crippen LogP contribution in [-0.4, -0.2) is 33.6 Å². The maximum atomic E-state index is 13.7. The van der Waals surface area contributed by atoms with Crippen molar-refractivity contribution in [3.8, 4) is 0 Å². The Hall–Kier alpha value is -4.49. The molecule has 5 aromatic rings. The molecule has 0 radical (unpaired) electrons. The molecule has 0 saturated heterocycles. The van der Waals surface area contributed by atoms with Gasteiger partial charge in [0, 0.05) is 69.0 Å². The minimum Gasteiger partial charge on any atom is -0.341 e. The summed E-state index contributed by atoms with van der Waals surface area (Å²) < 4.78 is 2.17. The van der Waals surface area contributed by atoms with Crippen LogP contribution in [0, 0.1) is 6.92 Å². The van der Waals surface area contributed by atoms with Crippen molar-refractivity contribution in [3.63, 3.8) is 0 Å². The smallest absolute Gasteiger partial charge is 0.331 e. The number of aromatic nitrogens is 1. The highest BCUT2D eigenvalue weighted by Gasteiger charge is 2.20. The number of oxime groups is 1. The van der Waals surface area contributed by atoms with Gasteiger partial charge in [0.1, 0.15) is 5.71 Å². The van der Waals surface area contributed by atoms with Crippen molar-refractivity contribution in [2.45, 2.75) is 38.6 Å². The predicted octanol–water partition coefficient (Wildman–Crippen LogP) is 7.64. The lowest BCUT2D eigenvalue weighted by Gasteiger charge is -2.07. The van der Waals surface area contributed by atoms with Gasteiger partial charge >= 0.3 is 5.97 Å². The van der Waals surface area contributed by atoms with Crippen molar-refractivity contribution in [2.75, 3.05) is 5.75 Å². The summed E-state index contributed by atoms with van der Waals surface area (Å²) in [6.07, 6.45) is 0.329. The SMILES string of the molecule is CCn1c2ccc(C(=O)/C(CCSc3ccccc3)=N/OC(C)=O)cc2c2cc(C(=O)c3ccccc3C)ccc21. The van der Waals surface area contributed by atoms with Gasteiger partial charge < -0.3 is 9.40 Å². The van der Waals surface area contributed by atoms with Gasteiger partial charge in [-0.15, -0.1) is 11.8 Å². The third-order valence-corrected chi connectivity index (χ3v) is 8.01. The van der Waals surface area contributed by atoms with Gasteiger partial charge in [-0.1, -0.05) is 47.6 Å². The first-order valence-corrected chi connectivity index (χ1v) is 14.5. The average Bonchev–Trinajstić information content (AvgIpc) is 3.31. The van der Waals surface area contributed by atoms with Crippen LogP contribution in [0.5, 0.6) is 0 Å². The van der Waals surface area contributed by atoms with Crippen LogP contribution in [-0.2, 0) is 16.2 Å². The Kier molecular flexibility index (Phi) is 8.45. The Bertz CT molecular complexity index is 1800. The fraction of sp³-hybridized carbons (Fsp3) is 0.176. The molecule has 7 heteroatoms. The van der Waals surface area contributed by atoms with Crippen molar-refractivity contribution in [2.24, 2.45) is 5.16 Å². The standard InChI is InChI=1S/C34H30N2O4S/c1-4-36-31-16-14-24(33(38)27-13-9-8-10-22(27)2)20-28(31)29-21-25(15-17-32(29)36)34(39)30(35-40-23(3)37)18-19-41-26-11-6-5-7-12-26/h5-17,20-21H,4,18-19H2,1-3H3/b35-30+. The van der Waals surface area contributed by atoms with Crippen LogP contribution in [0.25, 0.3) is 21.8 Å². The highest BCUT2D eigenvalue weighted by Crippen LogP contribution is 2.32. The van der Waals surface area contributed by atoms with Gasteiger partial charge in [0.25, 0.3) is 0 Å². The van der Waals surface area contributed by atoms with Crippen molar-refractivity contribution >= 4 is 56.8 Å². The molecule has 0 fully saturated rings. The number of benzene rings is 4. The third kappa shape index (κ3) is 6.00. The van der Waals surface area contributed by atoms with E-state index in [0.717, 1.165) is 38.8 Å². The van der Waals surface area contributed by atoms with Gasteiger partial charge in [0.2, 0.25) is 5.78 Å². The first kappa shape index (κ1) is 28.1. The molecule has 41 heavy (non-hydrogen) atoms. The van der Waals surface area contributed by atoms with Gasteiger partial charge in [-0.25, -0.2) is 4.79 Å². The molecule has 0 bridgehead atoms. The van der Waals surface area contributed by atoms with Crippen molar-refractivity contribution < 1.29 is 19.2 Å². The topological polar surface area (TPSA) is 77.7 Å². The molecule has 0 atom stereocenters. The van der Waals surface area contributed by atoms with Crippen LogP contribution in [0.15, 0.2) is 101 Å². The van der Waals surface area contributed by atoms with Crippen molar-refractivity contribution in [1.82, 2.24) is 4.57 Å². The summed E-state index contributed by atoms with van der Waals surface area (Å²) in [5.41, 5.74) is 4.76. The number of thioether (sulfide) groups is 1. The molecule has 6 nitrogen and oxygen atoms in total. The largest absolute Gasteiger partial charge is 0.341 e. The summed E-state index contributed by atoms with van der Waals surface area (Å²) in [4.78, 5) is 44.5. The minimum absolute atomic E-state index is 0.0404. The molecule has 4 aromatic carbocycles. The molecule has 0 aliphatic carbocycles. The quantitative estimate of drug-likeness (QED) is 0.0575. The van der Waals surface area contributed by atoms with Gasteiger partial charge in [0.05, 0.1) is 0 Å². The fourth-order valence-corrected chi connectivity index (χ4v) is 5.86. The molecule has 0 aliphatic heterocycles. The first-order valence-electron chi connectivity index (χ1n) is 13.5. The summed E-state index contributed by atoms with van der Waals surface area (Å²) in [6, 6.07) is 28.8. The molecule has 0 unspecified atom stereocenters. The zero-order valence-electron chi connectivity index (χ0n) is 23.2. The Labute approximate surface area is 243 Å². The predicted molar refractivity (Wildman–Crippen MR) is 165 cm³/mol. The van der Waals surface area contributed by atoms with Crippen LogP contribution in [0.4, 0.5) is 0 Å². The molecule has 1 heterocycles. The van der Waals surface area contributed by atoms with E-state index in [1.54, 1.807) is 17.8 Å². The van der Waals surface area contributed by atoms with Gasteiger partial charge in [0.15, 0.2) is 5.78 Å². The zero-order chi connectivity index (χ0) is 28.9. The van der Waals surface area contributed by atoms with E-state index in [0.29, 0.717) is 28.9 Å². The molecule has 0 amide bonds. The van der Waals surface area contributed by atoms with Crippen molar-refractivity contribution in [3.05, 3.63) is 113 Å². The van der Waals surface area contributed by atoms with Crippen molar-refractivity contribution in [1.29, 1.82) is 0 Å². The second kappa shape index (κ2) is 12.4. The number of carbonyl (C=O) groups excluding carboxylic acids is 3. The summed E-state index contributed by atoms with van der Waals surface area (Å²) in [6.45, 7) is 5.98. The molecule has 0 aliphatic rings. The molecule has 0 spiro atoms. The number of aryl methyl sites for hydroxylation is 2. The average molecular weight is 563 g/mol. The number of rotatable bonds is 10. The van der Waals surface area contributed by atoms with E-state index in [-0.39, 0.29) is 17.3 Å². The van der Waals surface area contributed by atoms with Crippen LogP contribution in [0.2, 0.25) is 0 Å². The Morgan fingerprint density at radius 2 is 1.46 bits per heavy atom. The number of fused-ring (bicyclic) bond motifs is 3. The summed E-state index contributed by atoms with van der Waals surface area (Å²) >= 11 is 1.60. The minimum atomic E-state index is -0.585. The second-order valence-electron chi connectivity index (χ2n) is 9.71. The van der Waals surface area contributed by atoms with Gasteiger partial charge in [-0.3, -0.25) is 9.59 Å². The Morgan fingerprint density at radius 1 is 0.829 bits per heavy atom. The maximum Gasteiger partial charge on any atom is 0.331 e. The summed E-state index contributed by atoms with van der Waals surface area (Å²) in [5.74, 6) is -0.330. The van der Waals surface area contributed by atoms with E-state index in [1.165, 1.54) is 6.92 Å². The molecule has 206 valence electrons. The fourth-order valence-electron chi connectivity index (χ4n) is 4.98. The van der Waals surface area contributed by atoms with Gasteiger partial charge in [-0.05, 0) is 67.9 Å². The number of Topliss-reactive ketones (excluding diaryl/α,β-unsaturated/α-hetero) is 1. The molecular formula is C34H30N2O4S. The number of hydrogen-bond acceptors (Lipinski definition) is 6. The first-order chi connectivity index (χ1) is 19.9. The van der Waals surface area contributed by atoms with Crippen LogP contribution in [0.1, 0.15) is 52.1 Å². The third-order valence-electron chi connectivity index (χ3n) is 6.99. The van der Waals surface area contributed by atoms with Gasteiger partial charge in [-0.2, -0.15) is 0 Å². The second-order valence-corrected chi connectivity index (χ2v) is 10.9. The molecule has 1 aromatic heterocycles. The Morgan fingerprint density at radius 3 is 2.12 bits per heavy atom.